The lowest BCUT2D eigenvalue weighted by Crippen LogP contribution is -2.23. The van der Waals surface area contributed by atoms with Gasteiger partial charge in [-0.3, -0.25) is 4.98 Å². The summed E-state index contributed by atoms with van der Waals surface area (Å²) in [7, 11) is 5.87. The molecule has 0 amide bonds. The Hall–Kier alpha value is -1.00. The molecule has 1 unspecified atom stereocenters. The SMILES string of the molecule is CNC(CCN(C)C)c1ccncc1F. The predicted octanol–water partition coefficient (Wildman–Crippen LogP) is 1.43. The van der Waals surface area contributed by atoms with Gasteiger partial charge in [-0.1, -0.05) is 0 Å². The Kier molecular flexibility index (Phi) is 4.65. The van der Waals surface area contributed by atoms with Gasteiger partial charge in [-0.2, -0.15) is 0 Å². The number of aromatic nitrogens is 1. The second-order valence-electron chi connectivity index (χ2n) is 3.83. The fraction of sp³-hybridized carbons (Fsp3) is 0.545. The number of nitrogens with one attached hydrogen (secondary N) is 1. The Morgan fingerprint density at radius 2 is 2.27 bits per heavy atom. The minimum Gasteiger partial charge on any atom is -0.313 e. The second kappa shape index (κ2) is 5.78. The van der Waals surface area contributed by atoms with Gasteiger partial charge in [0.25, 0.3) is 0 Å². The van der Waals surface area contributed by atoms with Crippen molar-refractivity contribution in [3.05, 3.63) is 29.8 Å². The molecular formula is C11H18FN3. The van der Waals surface area contributed by atoms with Crippen molar-refractivity contribution >= 4 is 0 Å². The minimum atomic E-state index is -0.240. The first-order valence-corrected chi connectivity index (χ1v) is 5.06. The van der Waals surface area contributed by atoms with Crippen LogP contribution >= 0.6 is 0 Å². The first-order valence-electron chi connectivity index (χ1n) is 5.06. The third kappa shape index (κ3) is 3.57. The fourth-order valence-corrected chi connectivity index (χ4v) is 1.51. The molecule has 3 nitrogen and oxygen atoms in total. The summed E-state index contributed by atoms with van der Waals surface area (Å²) in [5, 5.41) is 3.12. The van der Waals surface area contributed by atoms with E-state index in [1.165, 1.54) is 6.20 Å². The van der Waals surface area contributed by atoms with Gasteiger partial charge in [0.1, 0.15) is 5.82 Å². The van der Waals surface area contributed by atoms with Crippen LogP contribution in [0.4, 0.5) is 4.39 Å². The van der Waals surface area contributed by atoms with Crippen LogP contribution in [-0.4, -0.2) is 37.6 Å². The molecule has 1 heterocycles. The molecule has 0 radical (unpaired) electrons. The van der Waals surface area contributed by atoms with Crippen LogP contribution in [0, 0.1) is 5.82 Å². The van der Waals surface area contributed by atoms with E-state index in [2.05, 4.69) is 15.2 Å². The van der Waals surface area contributed by atoms with Crippen LogP contribution in [0.25, 0.3) is 0 Å². The third-order valence-corrected chi connectivity index (χ3v) is 2.39. The summed E-state index contributed by atoms with van der Waals surface area (Å²) in [5.41, 5.74) is 0.689. The molecule has 84 valence electrons. The maximum Gasteiger partial charge on any atom is 0.146 e. The topological polar surface area (TPSA) is 28.2 Å². The van der Waals surface area contributed by atoms with E-state index in [1.54, 1.807) is 12.3 Å². The number of halogens is 1. The minimum absolute atomic E-state index is 0.0513. The molecule has 1 atom stereocenters. The van der Waals surface area contributed by atoms with Gasteiger partial charge in [0.2, 0.25) is 0 Å². The van der Waals surface area contributed by atoms with Gasteiger partial charge in [0.15, 0.2) is 0 Å². The summed E-state index contributed by atoms with van der Waals surface area (Å²) in [5.74, 6) is -0.240. The lowest BCUT2D eigenvalue weighted by molar-refractivity contribution is 0.364. The van der Waals surface area contributed by atoms with E-state index in [4.69, 9.17) is 0 Å². The van der Waals surface area contributed by atoms with Crippen LogP contribution < -0.4 is 5.32 Å². The molecule has 0 aromatic carbocycles. The van der Waals surface area contributed by atoms with E-state index >= 15 is 0 Å². The lowest BCUT2D eigenvalue weighted by Gasteiger charge is -2.19. The number of nitrogens with zero attached hydrogens (tertiary/aromatic N) is 2. The Labute approximate surface area is 90.3 Å². The van der Waals surface area contributed by atoms with Gasteiger partial charge in [-0.05, 0) is 40.2 Å². The van der Waals surface area contributed by atoms with Gasteiger partial charge in [0, 0.05) is 17.8 Å². The maximum absolute atomic E-state index is 13.4. The summed E-state index contributed by atoms with van der Waals surface area (Å²) < 4.78 is 13.4. The van der Waals surface area contributed by atoms with Crippen molar-refractivity contribution in [1.82, 2.24) is 15.2 Å². The normalized spacial score (nSPS) is 13.1. The molecule has 1 rings (SSSR count). The number of pyridine rings is 1. The lowest BCUT2D eigenvalue weighted by atomic mass is 10.0. The zero-order valence-electron chi connectivity index (χ0n) is 9.50. The van der Waals surface area contributed by atoms with Gasteiger partial charge in [0.05, 0.1) is 6.20 Å². The average Bonchev–Trinajstić information content (AvgIpc) is 2.21. The zero-order chi connectivity index (χ0) is 11.3. The van der Waals surface area contributed by atoms with Crippen molar-refractivity contribution in [1.29, 1.82) is 0 Å². The molecule has 0 aliphatic heterocycles. The van der Waals surface area contributed by atoms with Crippen LogP contribution in [0.5, 0.6) is 0 Å². The Balaban J connectivity index is 2.70. The third-order valence-electron chi connectivity index (χ3n) is 2.39. The summed E-state index contributed by atoms with van der Waals surface area (Å²) in [6, 6.07) is 1.78. The van der Waals surface area contributed by atoms with E-state index in [1.807, 2.05) is 21.1 Å². The Morgan fingerprint density at radius 3 is 2.80 bits per heavy atom. The quantitative estimate of drug-likeness (QED) is 0.798. The molecular weight excluding hydrogens is 193 g/mol. The zero-order valence-corrected chi connectivity index (χ0v) is 9.50. The maximum atomic E-state index is 13.4. The van der Waals surface area contributed by atoms with Gasteiger partial charge in [-0.25, -0.2) is 4.39 Å². The largest absolute Gasteiger partial charge is 0.313 e. The van der Waals surface area contributed by atoms with Gasteiger partial charge < -0.3 is 10.2 Å². The predicted molar refractivity (Wildman–Crippen MR) is 59.2 cm³/mol. The number of hydrogen-bond donors (Lipinski definition) is 1. The van der Waals surface area contributed by atoms with Crippen LogP contribution in [0.2, 0.25) is 0 Å². The molecule has 0 aliphatic rings. The van der Waals surface area contributed by atoms with Crippen LogP contribution in [0.1, 0.15) is 18.0 Å². The highest BCUT2D eigenvalue weighted by Crippen LogP contribution is 2.18. The molecule has 1 aromatic rings. The van der Waals surface area contributed by atoms with Crippen molar-refractivity contribution in [3.63, 3.8) is 0 Å². The smallest absolute Gasteiger partial charge is 0.146 e. The molecule has 4 heteroatoms. The van der Waals surface area contributed by atoms with E-state index in [0.717, 1.165) is 13.0 Å². The van der Waals surface area contributed by atoms with Gasteiger partial charge in [-0.15, -0.1) is 0 Å². The molecule has 1 aromatic heterocycles. The molecule has 0 bridgehead atoms. The highest BCUT2D eigenvalue weighted by Gasteiger charge is 2.13. The van der Waals surface area contributed by atoms with Crippen LogP contribution in [0.3, 0.4) is 0 Å². The Morgan fingerprint density at radius 1 is 1.53 bits per heavy atom. The molecule has 0 fully saturated rings. The standard InChI is InChI=1S/C11H18FN3/c1-13-11(5-7-15(2)3)9-4-6-14-8-10(9)12/h4,6,8,11,13H,5,7H2,1-3H3. The second-order valence-corrected chi connectivity index (χ2v) is 3.83. The Bertz CT molecular complexity index is 302. The van der Waals surface area contributed by atoms with Gasteiger partial charge >= 0.3 is 0 Å². The number of hydrogen-bond acceptors (Lipinski definition) is 3. The van der Waals surface area contributed by atoms with Crippen molar-refractivity contribution in [2.75, 3.05) is 27.7 Å². The van der Waals surface area contributed by atoms with E-state index in [-0.39, 0.29) is 11.9 Å². The molecule has 15 heavy (non-hydrogen) atoms. The molecule has 1 N–H and O–H groups in total. The van der Waals surface area contributed by atoms with E-state index in [0.29, 0.717) is 5.56 Å². The summed E-state index contributed by atoms with van der Waals surface area (Å²) >= 11 is 0. The van der Waals surface area contributed by atoms with Crippen molar-refractivity contribution < 1.29 is 4.39 Å². The molecule has 0 saturated carbocycles. The fourth-order valence-electron chi connectivity index (χ4n) is 1.51. The van der Waals surface area contributed by atoms with Crippen LogP contribution in [-0.2, 0) is 0 Å². The highest BCUT2D eigenvalue weighted by atomic mass is 19.1. The van der Waals surface area contributed by atoms with E-state index < -0.39 is 0 Å². The van der Waals surface area contributed by atoms with Crippen molar-refractivity contribution in [3.8, 4) is 0 Å². The monoisotopic (exact) mass is 211 g/mol. The first kappa shape index (κ1) is 12.1. The molecule has 0 spiro atoms. The first-order chi connectivity index (χ1) is 7.15. The summed E-state index contributed by atoms with van der Waals surface area (Å²) in [6.07, 6.45) is 3.76. The number of rotatable bonds is 5. The van der Waals surface area contributed by atoms with Crippen molar-refractivity contribution in [2.45, 2.75) is 12.5 Å². The average molecular weight is 211 g/mol. The highest BCUT2D eigenvalue weighted by molar-refractivity contribution is 5.17. The molecule has 0 saturated heterocycles. The summed E-state index contributed by atoms with van der Waals surface area (Å²) in [4.78, 5) is 5.83. The summed E-state index contributed by atoms with van der Waals surface area (Å²) in [6.45, 7) is 0.924. The molecule has 0 aliphatic carbocycles. The van der Waals surface area contributed by atoms with Crippen molar-refractivity contribution in [2.24, 2.45) is 0 Å². The van der Waals surface area contributed by atoms with E-state index in [9.17, 15) is 4.39 Å². The van der Waals surface area contributed by atoms with Crippen LogP contribution in [0.15, 0.2) is 18.5 Å².